The number of carboxylic acid groups (broad SMARTS) is 1. The average molecular weight is 329 g/mol. The fourth-order valence-electron chi connectivity index (χ4n) is 2.02. The zero-order chi connectivity index (χ0) is 17.5. The maximum atomic E-state index is 12.0. The Kier molecular flexibility index (Phi) is 5.78. The van der Waals surface area contributed by atoms with Crippen molar-refractivity contribution in [3.8, 4) is 11.5 Å². The first-order valence-corrected chi connectivity index (χ1v) is 7.49. The van der Waals surface area contributed by atoms with Gasteiger partial charge >= 0.3 is 5.97 Å². The second kappa shape index (κ2) is 8.01. The molecule has 126 valence electrons. The Hall–Kier alpha value is -3.02. The summed E-state index contributed by atoms with van der Waals surface area (Å²) in [6.45, 7) is 4.09. The number of aryl methyl sites for hydroxylation is 1. The molecule has 1 amide bonds. The lowest BCUT2D eigenvalue weighted by molar-refractivity contribution is -0.118. The quantitative estimate of drug-likeness (QED) is 0.815. The molecule has 6 nitrogen and oxygen atoms in total. The molecule has 0 aromatic heterocycles. The second-order valence-corrected chi connectivity index (χ2v) is 5.08. The van der Waals surface area contributed by atoms with Gasteiger partial charge in [-0.05, 0) is 55.8 Å². The zero-order valence-electron chi connectivity index (χ0n) is 13.5. The molecule has 0 aliphatic rings. The topological polar surface area (TPSA) is 84.9 Å². The van der Waals surface area contributed by atoms with Crippen LogP contribution in [0.5, 0.6) is 11.5 Å². The molecule has 2 rings (SSSR count). The highest BCUT2D eigenvalue weighted by Crippen LogP contribution is 2.19. The first kappa shape index (κ1) is 17.3. The number of ether oxygens (including phenoxy) is 2. The van der Waals surface area contributed by atoms with Crippen LogP contribution in [0.4, 0.5) is 5.69 Å². The molecule has 0 saturated carbocycles. The van der Waals surface area contributed by atoms with E-state index in [2.05, 4.69) is 5.32 Å². The monoisotopic (exact) mass is 329 g/mol. The number of rotatable bonds is 7. The summed E-state index contributed by atoms with van der Waals surface area (Å²) in [6, 6.07) is 11.5. The molecule has 2 aromatic carbocycles. The molecule has 6 heteroatoms. The van der Waals surface area contributed by atoms with Crippen LogP contribution in [0.25, 0.3) is 0 Å². The minimum Gasteiger partial charge on any atom is -0.494 e. The number of carbonyl (C=O) groups excluding carboxylic acids is 1. The van der Waals surface area contributed by atoms with Crippen molar-refractivity contribution >= 4 is 17.6 Å². The fraction of sp³-hybridized carbons (Fsp3) is 0.222. The Balaban J connectivity index is 1.93. The number of benzene rings is 2. The van der Waals surface area contributed by atoms with E-state index < -0.39 is 5.97 Å². The van der Waals surface area contributed by atoms with Crippen molar-refractivity contribution in [1.82, 2.24) is 0 Å². The van der Waals surface area contributed by atoms with Gasteiger partial charge in [-0.25, -0.2) is 4.79 Å². The van der Waals surface area contributed by atoms with Gasteiger partial charge in [-0.3, -0.25) is 4.79 Å². The smallest absolute Gasteiger partial charge is 0.335 e. The second-order valence-electron chi connectivity index (χ2n) is 5.08. The van der Waals surface area contributed by atoms with Crippen molar-refractivity contribution in [2.75, 3.05) is 18.5 Å². The van der Waals surface area contributed by atoms with Crippen LogP contribution in [0.3, 0.4) is 0 Å². The lowest BCUT2D eigenvalue weighted by atomic mass is 10.1. The number of amides is 1. The largest absolute Gasteiger partial charge is 0.494 e. The van der Waals surface area contributed by atoms with E-state index in [1.54, 1.807) is 37.3 Å². The van der Waals surface area contributed by atoms with E-state index in [0.29, 0.717) is 18.0 Å². The molecular weight excluding hydrogens is 310 g/mol. The first-order chi connectivity index (χ1) is 11.5. The van der Waals surface area contributed by atoms with Crippen LogP contribution in [0.2, 0.25) is 0 Å². The number of carbonyl (C=O) groups is 2. The van der Waals surface area contributed by atoms with Gasteiger partial charge in [0.1, 0.15) is 11.5 Å². The van der Waals surface area contributed by atoms with E-state index in [1.807, 2.05) is 6.92 Å². The number of hydrogen-bond acceptors (Lipinski definition) is 4. The van der Waals surface area contributed by atoms with Gasteiger partial charge in [-0.1, -0.05) is 6.07 Å². The molecule has 0 unspecified atom stereocenters. The van der Waals surface area contributed by atoms with Gasteiger partial charge in [0.2, 0.25) is 0 Å². The average Bonchev–Trinajstić information content (AvgIpc) is 2.56. The van der Waals surface area contributed by atoms with Gasteiger partial charge in [0.15, 0.2) is 6.61 Å². The highest BCUT2D eigenvalue weighted by atomic mass is 16.5. The number of nitrogens with one attached hydrogen (secondary N) is 1. The van der Waals surface area contributed by atoms with E-state index in [0.717, 1.165) is 11.3 Å². The molecule has 0 radical (unpaired) electrons. The third-order valence-corrected chi connectivity index (χ3v) is 3.26. The van der Waals surface area contributed by atoms with Crippen molar-refractivity contribution in [2.45, 2.75) is 13.8 Å². The van der Waals surface area contributed by atoms with Crippen molar-refractivity contribution < 1.29 is 24.2 Å². The molecule has 0 aliphatic carbocycles. The number of aromatic carboxylic acids is 1. The van der Waals surface area contributed by atoms with Crippen LogP contribution in [-0.4, -0.2) is 30.2 Å². The predicted octanol–water partition coefficient (Wildman–Crippen LogP) is 3.11. The van der Waals surface area contributed by atoms with E-state index in [9.17, 15) is 9.59 Å². The highest BCUT2D eigenvalue weighted by molar-refractivity contribution is 5.95. The maximum Gasteiger partial charge on any atom is 0.335 e. The third kappa shape index (κ3) is 4.74. The first-order valence-electron chi connectivity index (χ1n) is 7.49. The lowest BCUT2D eigenvalue weighted by Gasteiger charge is -2.11. The molecule has 0 bridgehead atoms. The maximum absolute atomic E-state index is 12.0. The van der Waals surface area contributed by atoms with Gasteiger partial charge in [0, 0.05) is 5.69 Å². The normalized spacial score (nSPS) is 10.1. The summed E-state index contributed by atoms with van der Waals surface area (Å²) in [6.07, 6.45) is 0. The molecular formula is C18H19NO5. The molecule has 0 spiro atoms. The lowest BCUT2D eigenvalue weighted by Crippen LogP contribution is -2.21. The summed E-state index contributed by atoms with van der Waals surface area (Å²) in [4.78, 5) is 23.0. The Morgan fingerprint density at radius 3 is 2.25 bits per heavy atom. The standard InChI is InChI=1S/C18H19NO5/c1-3-23-14-6-8-15(9-7-14)24-11-17(20)19-16-10-13(18(21)22)5-4-12(16)2/h4-10H,3,11H2,1-2H3,(H,19,20)(H,21,22). The molecule has 2 aromatic rings. The van der Waals surface area contributed by atoms with Crippen LogP contribution in [0.1, 0.15) is 22.8 Å². The number of carboxylic acids is 1. The summed E-state index contributed by atoms with van der Waals surface area (Å²) in [5.41, 5.74) is 1.34. The van der Waals surface area contributed by atoms with Crippen LogP contribution in [-0.2, 0) is 4.79 Å². The van der Waals surface area contributed by atoms with Gasteiger partial charge < -0.3 is 19.9 Å². The molecule has 24 heavy (non-hydrogen) atoms. The van der Waals surface area contributed by atoms with Crippen molar-refractivity contribution in [1.29, 1.82) is 0 Å². The van der Waals surface area contributed by atoms with Crippen LogP contribution in [0, 0.1) is 6.92 Å². The van der Waals surface area contributed by atoms with Gasteiger partial charge in [0.05, 0.1) is 12.2 Å². The van der Waals surface area contributed by atoms with Crippen LogP contribution in [0.15, 0.2) is 42.5 Å². The third-order valence-electron chi connectivity index (χ3n) is 3.26. The molecule has 0 aliphatic heterocycles. The van der Waals surface area contributed by atoms with Crippen molar-refractivity contribution in [2.24, 2.45) is 0 Å². The van der Waals surface area contributed by atoms with Crippen LogP contribution < -0.4 is 14.8 Å². The Morgan fingerprint density at radius 1 is 1.04 bits per heavy atom. The Morgan fingerprint density at radius 2 is 1.67 bits per heavy atom. The van der Waals surface area contributed by atoms with Gasteiger partial charge in [0.25, 0.3) is 5.91 Å². The van der Waals surface area contributed by atoms with E-state index in [-0.39, 0.29) is 18.1 Å². The number of anilines is 1. The SMILES string of the molecule is CCOc1ccc(OCC(=O)Nc2cc(C(=O)O)ccc2C)cc1. The minimum absolute atomic E-state index is 0.114. The van der Waals surface area contributed by atoms with Crippen molar-refractivity contribution in [3.05, 3.63) is 53.6 Å². The summed E-state index contributed by atoms with van der Waals surface area (Å²) >= 11 is 0. The predicted molar refractivity (Wildman–Crippen MR) is 89.9 cm³/mol. The van der Waals surface area contributed by atoms with E-state index >= 15 is 0 Å². The van der Waals surface area contributed by atoms with E-state index in [1.165, 1.54) is 12.1 Å². The molecule has 2 N–H and O–H groups in total. The molecule has 0 fully saturated rings. The van der Waals surface area contributed by atoms with Gasteiger partial charge in [-0.15, -0.1) is 0 Å². The van der Waals surface area contributed by atoms with Crippen molar-refractivity contribution in [3.63, 3.8) is 0 Å². The summed E-state index contributed by atoms with van der Waals surface area (Å²) in [5, 5.41) is 11.7. The minimum atomic E-state index is -1.05. The van der Waals surface area contributed by atoms with Crippen LogP contribution >= 0.6 is 0 Å². The van der Waals surface area contributed by atoms with Gasteiger partial charge in [-0.2, -0.15) is 0 Å². The Bertz CT molecular complexity index is 725. The zero-order valence-corrected chi connectivity index (χ0v) is 13.5. The number of hydrogen-bond donors (Lipinski definition) is 2. The Labute approximate surface area is 140 Å². The summed E-state index contributed by atoms with van der Waals surface area (Å²) in [7, 11) is 0. The summed E-state index contributed by atoms with van der Waals surface area (Å²) in [5.74, 6) is -0.134. The summed E-state index contributed by atoms with van der Waals surface area (Å²) < 4.78 is 10.7. The molecule has 0 atom stereocenters. The molecule has 0 saturated heterocycles. The van der Waals surface area contributed by atoms with E-state index in [4.69, 9.17) is 14.6 Å². The molecule has 0 heterocycles. The highest BCUT2D eigenvalue weighted by Gasteiger charge is 2.09. The fourth-order valence-corrected chi connectivity index (χ4v) is 2.02.